The lowest BCUT2D eigenvalue weighted by Gasteiger charge is -2.30. The van der Waals surface area contributed by atoms with Crippen molar-refractivity contribution in [1.82, 2.24) is 10.6 Å². The van der Waals surface area contributed by atoms with Gasteiger partial charge in [-0.3, -0.25) is 0 Å². The van der Waals surface area contributed by atoms with Gasteiger partial charge in [0, 0.05) is 36.7 Å². The molecule has 2 rings (SSSR count). The maximum atomic E-state index is 3.27. The molecule has 2 N–H and O–H groups in total. The van der Waals surface area contributed by atoms with Gasteiger partial charge in [-0.1, -0.05) is 21.6 Å². The minimum Gasteiger partial charge on any atom is -0.314 e. The largest absolute Gasteiger partial charge is 0.314 e. The van der Waals surface area contributed by atoms with Crippen LogP contribution < -0.4 is 10.6 Å². The molecule has 2 nitrogen and oxygen atoms in total. The molecule has 58 valence electrons. The second kappa shape index (κ2) is 3.34. The minimum absolute atomic E-state index is 0.894. The minimum atomic E-state index is 0.894. The smallest absolute Gasteiger partial charge is 0.0401 e. The van der Waals surface area contributed by atoms with Crippen LogP contribution in [0.25, 0.3) is 0 Å². The van der Waals surface area contributed by atoms with Crippen LogP contribution >= 0.6 is 21.6 Å². The first-order valence-corrected chi connectivity index (χ1v) is 5.96. The van der Waals surface area contributed by atoms with Gasteiger partial charge in [-0.2, -0.15) is 0 Å². The second-order valence-electron chi connectivity index (χ2n) is 2.75. The zero-order chi connectivity index (χ0) is 6.81. The summed E-state index contributed by atoms with van der Waals surface area (Å²) in [6, 6.07) is 0. The molecule has 0 aromatic carbocycles. The first kappa shape index (κ1) is 7.28. The van der Waals surface area contributed by atoms with E-state index in [1.807, 2.05) is 0 Å². The van der Waals surface area contributed by atoms with E-state index in [1.165, 1.54) is 26.2 Å². The first-order chi connectivity index (χ1) is 4.95. The Morgan fingerprint density at radius 1 is 0.800 bits per heavy atom. The molecule has 0 aromatic heterocycles. The number of hydrogen-bond donors (Lipinski definition) is 2. The zero-order valence-corrected chi connectivity index (χ0v) is 7.43. The van der Waals surface area contributed by atoms with Crippen LogP contribution in [0.1, 0.15) is 0 Å². The van der Waals surface area contributed by atoms with Gasteiger partial charge in [-0.15, -0.1) is 0 Å². The van der Waals surface area contributed by atoms with Gasteiger partial charge in [0.25, 0.3) is 0 Å². The lowest BCUT2D eigenvalue weighted by molar-refractivity contribution is 0.541. The molecule has 0 radical (unpaired) electrons. The van der Waals surface area contributed by atoms with Crippen molar-refractivity contribution >= 4 is 21.6 Å². The third-order valence-corrected chi connectivity index (χ3v) is 5.10. The van der Waals surface area contributed by atoms with E-state index in [4.69, 9.17) is 0 Å². The van der Waals surface area contributed by atoms with Crippen LogP contribution in [0.15, 0.2) is 0 Å². The maximum absolute atomic E-state index is 3.27. The van der Waals surface area contributed by atoms with E-state index in [9.17, 15) is 0 Å². The van der Waals surface area contributed by atoms with Crippen LogP contribution in [-0.2, 0) is 0 Å². The van der Waals surface area contributed by atoms with Crippen molar-refractivity contribution in [2.75, 3.05) is 26.2 Å². The third-order valence-electron chi connectivity index (χ3n) is 1.82. The highest BCUT2D eigenvalue weighted by molar-refractivity contribution is 8.77. The molecule has 0 aliphatic carbocycles. The van der Waals surface area contributed by atoms with Gasteiger partial charge in [0.2, 0.25) is 0 Å². The summed E-state index contributed by atoms with van der Waals surface area (Å²) in [6.45, 7) is 4.88. The average molecular weight is 176 g/mol. The molecule has 0 atom stereocenters. The standard InChI is InChI=1S/C6H12N2S2/c1-5(2-7-1)9-10-6-3-8-4-6/h5-8H,1-4H2. The molecule has 2 heterocycles. The summed E-state index contributed by atoms with van der Waals surface area (Å²) < 4.78 is 0. The normalized spacial score (nSPS) is 27.6. The monoisotopic (exact) mass is 176 g/mol. The van der Waals surface area contributed by atoms with Crippen LogP contribution in [0.2, 0.25) is 0 Å². The van der Waals surface area contributed by atoms with Crippen molar-refractivity contribution in [3.8, 4) is 0 Å². The van der Waals surface area contributed by atoms with E-state index in [1.54, 1.807) is 0 Å². The van der Waals surface area contributed by atoms with Gasteiger partial charge < -0.3 is 10.6 Å². The fraction of sp³-hybridized carbons (Fsp3) is 1.00. The van der Waals surface area contributed by atoms with Gasteiger partial charge in [0.15, 0.2) is 0 Å². The zero-order valence-electron chi connectivity index (χ0n) is 5.80. The van der Waals surface area contributed by atoms with Crippen LogP contribution in [0, 0.1) is 0 Å². The van der Waals surface area contributed by atoms with Crippen molar-refractivity contribution in [3.63, 3.8) is 0 Å². The molecule has 0 bridgehead atoms. The van der Waals surface area contributed by atoms with Gasteiger partial charge in [0.1, 0.15) is 0 Å². The molecule has 2 aliphatic rings. The summed E-state index contributed by atoms with van der Waals surface area (Å²) in [5.74, 6) is 0. The van der Waals surface area contributed by atoms with Gasteiger partial charge >= 0.3 is 0 Å². The Kier molecular flexibility index (Phi) is 2.43. The summed E-state index contributed by atoms with van der Waals surface area (Å²) in [6.07, 6.45) is 0. The number of rotatable bonds is 3. The Hall–Kier alpha value is 0.620. The van der Waals surface area contributed by atoms with E-state index in [2.05, 4.69) is 32.2 Å². The molecule has 2 aliphatic heterocycles. The van der Waals surface area contributed by atoms with Crippen molar-refractivity contribution in [2.45, 2.75) is 10.5 Å². The Morgan fingerprint density at radius 2 is 1.20 bits per heavy atom. The Balaban J connectivity index is 1.54. The van der Waals surface area contributed by atoms with Crippen molar-refractivity contribution in [1.29, 1.82) is 0 Å². The molecule has 0 amide bonds. The number of nitrogens with one attached hydrogen (secondary N) is 2. The Morgan fingerprint density at radius 3 is 1.40 bits per heavy atom. The average Bonchev–Trinajstić information content (AvgIpc) is 1.70. The third kappa shape index (κ3) is 1.61. The van der Waals surface area contributed by atoms with E-state index < -0.39 is 0 Å². The summed E-state index contributed by atoms with van der Waals surface area (Å²) >= 11 is 0. The first-order valence-electron chi connectivity index (χ1n) is 3.69. The molecule has 0 unspecified atom stereocenters. The van der Waals surface area contributed by atoms with Crippen LogP contribution in [0.5, 0.6) is 0 Å². The molecular weight excluding hydrogens is 164 g/mol. The molecular formula is C6H12N2S2. The maximum Gasteiger partial charge on any atom is 0.0401 e. The van der Waals surface area contributed by atoms with Crippen LogP contribution in [0.3, 0.4) is 0 Å². The van der Waals surface area contributed by atoms with Crippen molar-refractivity contribution in [2.24, 2.45) is 0 Å². The summed E-state index contributed by atoms with van der Waals surface area (Å²) in [7, 11) is 4.12. The van der Waals surface area contributed by atoms with Crippen LogP contribution in [-0.4, -0.2) is 36.7 Å². The quantitative estimate of drug-likeness (QED) is 0.605. The van der Waals surface area contributed by atoms with E-state index >= 15 is 0 Å². The summed E-state index contributed by atoms with van der Waals surface area (Å²) in [5, 5.41) is 8.33. The van der Waals surface area contributed by atoms with Crippen LogP contribution in [0.4, 0.5) is 0 Å². The SMILES string of the molecule is C1NCC1SSC1CNC1. The highest BCUT2D eigenvalue weighted by Gasteiger charge is 2.22. The summed E-state index contributed by atoms with van der Waals surface area (Å²) in [5.41, 5.74) is 0. The topological polar surface area (TPSA) is 24.1 Å². The second-order valence-corrected chi connectivity index (χ2v) is 5.63. The van der Waals surface area contributed by atoms with E-state index in [0.29, 0.717) is 0 Å². The molecule has 0 aromatic rings. The molecule has 10 heavy (non-hydrogen) atoms. The predicted octanol–water partition coefficient (Wildman–Crippen LogP) is 0.311. The molecule has 0 spiro atoms. The van der Waals surface area contributed by atoms with Crippen molar-refractivity contribution in [3.05, 3.63) is 0 Å². The molecule has 2 saturated heterocycles. The fourth-order valence-corrected chi connectivity index (χ4v) is 3.63. The predicted molar refractivity (Wildman–Crippen MR) is 48.5 cm³/mol. The van der Waals surface area contributed by atoms with Gasteiger partial charge in [-0.05, 0) is 0 Å². The molecule has 0 saturated carbocycles. The van der Waals surface area contributed by atoms with Crippen molar-refractivity contribution < 1.29 is 0 Å². The van der Waals surface area contributed by atoms with Gasteiger partial charge in [-0.25, -0.2) is 0 Å². The van der Waals surface area contributed by atoms with E-state index in [-0.39, 0.29) is 0 Å². The highest BCUT2D eigenvalue weighted by Crippen LogP contribution is 2.33. The lowest BCUT2D eigenvalue weighted by Crippen LogP contribution is -2.46. The van der Waals surface area contributed by atoms with Gasteiger partial charge in [0.05, 0.1) is 0 Å². The number of hydrogen-bond acceptors (Lipinski definition) is 4. The Bertz CT molecular complexity index is 98.3. The Labute approximate surface area is 69.3 Å². The fourth-order valence-electron chi connectivity index (χ4n) is 0.818. The lowest BCUT2D eigenvalue weighted by atomic mass is 10.3. The summed E-state index contributed by atoms with van der Waals surface area (Å²) in [4.78, 5) is 0. The molecule has 4 heteroatoms. The molecule has 2 fully saturated rings. The van der Waals surface area contributed by atoms with E-state index in [0.717, 1.165) is 10.5 Å². The highest BCUT2D eigenvalue weighted by atomic mass is 33.1.